The van der Waals surface area contributed by atoms with Gasteiger partial charge in [-0.3, -0.25) is 0 Å². The fourth-order valence-corrected chi connectivity index (χ4v) is 1.82. The van der Waals surface area contributed by atoms with Crippen molar-refractivity contribution in [3.05, 3.63) is 47.7 Å². The number of nitrogens with zero attached hydrogens (tertiary/aromatic N) is 1. The third kappa shape index (κ3) is 3.20. The van der Waals surface area contributed by atoms with E-state index in [1.54, 1.807) is 31.4 Å². The largest absolute Gasteiger partial charge is 0.416 e. The van der Waals surface area contributed by atoms with Crippen molar-refractivity contribution in [3.63, 3.8) is 0 Å². The van der Waals surface area contributed by atoms with Crippen LogP contribution in [0.4, 0.5) is 30.4 Å². The molecule has 0 spiro atoms. The highest BCUT2D eigenvalue weighted by Crippen LogP contribution is 2.34. The number of nitrogens with one attached hydrogen (secondary N) is 2. The predicted octanol–water partition coefficient (Wildman–Crippen LogP) is 4.19. The van der Waals surface area contributed by atoms with E-state index >= 15 is 0 Å². The van der Waals surface area contributed by atoms with E-state index in [1.807, 2.05) is 0 Å². The van der Waals surface area contributed by atoms with Gasteiger partial charge in [-0.15, -0.1) is 0 Å². The number of halogens is 3. The second-order valence-corrected chi connectivity index (χ2v) is 4.33. The molecule has 0 aliphatic rings. The molecule has 0 saturated carbocycles. The fraction of sp³-hybridized carbons (Fsp3) is 0.214. The Morgan fingerprint density at radius 2 is 1.75 bits per heavy atom. The summed E-state index contributed by atoms with van der Waals surface area (Å²) in [7, 11) is 1.72. The van der Waals surface area contributed by atoms with Gasteiger partial charge in [0.25, 0.3) is 0 Å². The van der Waals surface area contributed by atoms with Crippen LogP contribution in [0.2, 0.25) is 0 Å². The van der Waals surface area contributed by atoms with Gasteiger partial charge in [-0.25, -0.2) is 4.98 Å². The molecule has 2 N–H and O–H groups in total. The van der Waals surface area contributed by atoms with Gasteiger partial charge in [-0.05, 0) is 30.7 Å². The highest BCUT2D eigenvalue weighted by atomic mass is 19.4. The molecular weight excluding hydrogens is 267 g/mol. The molecule has 1 aromatic carbocycles. The zero-order valence-corrected chi connectivity index (χ0v) is 11.0. The predicted molar refractivity (Wildman–Crippen MR) is 73.2 cm³/mol. The molecule has 0 unspecified atom stereocenters. The molecule has 0 fully saturated rings. The summed E-state index contributed by atoms with van der Waals surface area (Å²) in [6, 6.07) is 7.57. The molecule has 0 amide bonds. The van der Waals surface area contributed by atoms with E-state index in [-0.39, 0.29) is 5.56 Å². The number of aromatic nitrogens is 1. The molecule has 2 rings (SSSR count). The minimum atomic E-state index is -4.35. The molecule has 0 aliphatic heterocycles. The maximum absolute atomic E-state index is 12.8. The molecular formula is C14H14F3N3. The maximum atomic E-state index is 12.8. The first-order chi connectivity index (χ1) is 9.40. The van der Waals surface area contributed by atoms with Gasteiger partial charge in [0.05, 0.1) is 5.56 Å². The quantitative estimate of drug-likeness (QED) is 0.885. The van der Waals surface area contributed by atoms with Crippen LogP contribution in [-0.4, -0.2) is 12.0 Å². The summed E-state index contributed by atoms with van der Waals surface area (Å²) >= 11 is 0. The van der Waals surface area contributed by atoms with Crippen molar-refractivity contribution < 1.29 is 13.2 Å². The van der Waals surface area contributed by atoms with Crippen molar-refractivity contribution in [3.8, 4) is 0 Å². The van der Waals surface area contributed by atoms with Crippen molar-refractivity contribution in [1.82, 2.24) is 4.98 Å². The molecule has 0 radical (unpaired) electrons. The average Bonchev–Trinajstić information content (AvgIpc) is 2.40. The Balaban J connectivity index is 2.30. The van der Waals surface area contributed by atoms with Crippen LogP contribution in [0.15, 0.2) is 36.5 Å². The molecule has 0 bridgehead atoms. The molecule has 0 aliphatic carbocycles. The van der Waals surface area contributed by atoms with Crippen LogP contribution in [0.3, 0.4) is 0 Å². The number of hydrogen-bond acceptors (Lipinski definition) is 3. The van der Waals surface area contributed by atoms with Crippen LogP contribution in [-0.2, 0) is 6.18 Å². The molecule has 3 nitrogen and oxygen atoms in total. The summed E-state index contributed by atoms with van der Waals surface area (Å²) < 4.78 is 38.5. The number of pyridine rings is 1. The summed E-state index contributed by atoms with van der Waals surface area (Å²) in [4.78, 5) is 4.04. The van der Waals surface area contributed by atoms with E-state index in [0.29, 0.717) is 17.2 Å². The highest BCUT2D eigenvalue weighted by molar-refractivity contribution is 5.63. The summed E-state index contributed by atoms with van der Waals surface area (Å²) in [5, 5.41) is 5.81. The van der Waals surface area contributed by atoms with Gasteiger partial charge < -0.3 is 10.6 Å². The van der Waals surface area contributed by atoms with Crippen molar-refractivity contribution >= 4 is 17.2 Å². The Kier molecular flexibility index (Phi) is 3.83. The second-order valence-electron chi connectivity index (χ2n) is 4.33. The second kappa shape index (κ2) is 5.40. The van der Waals surface area contributed by atoms with Gasteiger partial charge in [0.15, 0.2) is 0 Å². The smallest absolute Gasteiger partial charge is 0.373 e. The van der Waals surface area contributed by atoms with Crippen molar-refractivity contribution in [2.75, 3.05) is 17.7 Å². The van der Waals surface area contributed by atoms with Crippen LogP contribution < -0.4 is 10.6 Å². The minimum absolute atomic E-state index is 0.202. The summed E-state index contributed by atoms with van der Waals surface area (Å²) in [5.41, 5.74) is 0.622. The lowest BCUT2D eigenvalue weighted by Crippen LogP contribution is -2.08. The first-order valence-electron chi connectivity index (χ1n) is 5.99. The Morgan fingerprint density at radius 1 is 1.05 bits per heavy atom. The Hall–Kier alpha value is -2.24. The van der Waals surface area contributed by atoms with Crippen LogP contribution in [0.5, 0.6) is 0 Å². The number of anilines is 3. The molecule has 20 heavy (non-hydrogen) atoms. The molecule has 6 heteroatoms. The van der Waals surface area contributed by atoms with Gasteiger partial charge in [0.2, 0.25) is 0 Å². The van der Waals surface area contributed by atoms with Gasteiger partial charge in [0, 0.05) is 30.7 Å². The molecule has 1 heterocycles. The van der Waals surface area contributed by atoms with Gasteiger partial charge >= 0.3 is 6.18 Å². The van der Waals surface area contributed by atoms with E-state index in [1.165, 1.54) is 13.0 Å². The lowest BCUT2D eigenvalue weighted by molar-refractivity contribution is -0.138. The molecule has 0 saturated heterocycles. The standard InChI is InChI=1S/C14H14F3N3/c1-9-3-4-10(7-12(9)14(15,16)17)20-11-5-6-19-13(8-11)18-2/h3-8H,1-2H3,(H2,18,19,20). The normalized spacial score (nSPS) is 11.2. The zero-order chi connectivity index (χ0) is 14.8. The number of alkyl halides is 3. The SMILES string of the molecule is CNc1cc(Nc2ccc(C)c(C(F)(F)F)c2)ccn1. The zero-order valence-electron chi connectivity index (χ0n) is 11.0. The van der Waals surface area contributed by atoms with E-state index < -0.39 is 11.7 Å². The lowest BCUT2D eigenvalue weighted by atomic mass is 10.1. The van der Waals surface area contributed by atoms with E-state index in [9.17, 15) is 13.2 Å². The topological polar surface area (TPSA) is 37.0 Å². The lowest BCUT2D eigenvalue weighted by Gasteiger charge is -2.13. The van der Waals surface area contributed by atoms with Gasteiger partial charge in [-0.2, -0.15) is 13.2 Å². The van der Waals surface area contributed by atoms with Crippen LogP contribution in [0.1, 0.15) is 11.1 Å². The van der Waals surface area contributed by atoms with E-state index in [0.717, 1.165) is 6.07 Å². The maximum Gasteiger partial charge on any atom is 0.416 e. The molecule has 1 aromatic heterocycles. The Labute approximate surface area is 114 Å². The third-order valence-corrected chi connectivity index (χ3v) is 2.85. The van der Waals surface area contributed by atoms with Crippen LogP contribution in [0, 0.1) is 6.92 Å². The molecule has 2 aromatic rings. The van der Waals surface area contributed by atoms with Crippen molar-refractivity contribution in [2.24, 2.45) is 0 Å². The minimum Gasteiger partial charge on any atom is -0.373 e. The average molecular weight is 281 g/mol. The first-order valence-corrected chi connectivity index (χ1v) is 5.99. The third-order valence-electron chi connectivity index (χ3n) is 2.85. The monoisotopic (exact) mass is 281 g/mol. The van der Waals surface area contributed by atoms with E-state index in [4.69, 9.17) is 0 Å². The highest BCUT2D eigenvalue weighted by Gasteiger charge is 2.32. The summed E-state index contributed by atoms with van der Waals surface area (Å²) in [5.74, 6) is 0.637. The van der Waals surface area contributed by atoms with Crippen LogP contribution >= 0.6 is 0 Å². The van der Waals surface area contributed by atoms with Crippen molar-refractivity contribution in [1.29, 1.82) is 0 Å². The number of hydrogen-bond donors (Lipinski definition) is 2. The Bertz CT molecular complexity index is 609. The molecule has 106 valence electrons. The van der Waals surface area contributed by atoms with Gasteiger partial charge in [0.1, 0.15) is 5.82 Å². The van der Waals surface area contributed by atoms with Gasteiger partial charge in [-0.1, -0.05) is 6.07 Å². The van der Waals surface area contributed by atoms with Crippen LogP contribution in [0.25, 0.3) is 0 Å². The Morgan fingerprint density at radius 3 is 2.40 bits per heavy atom. The number of aryl methyl sites for hydroxylation is 1. The summed E-state index contributed by atoms with van der Waals surface area (Å²) in [6.07, 6.45) is -2.77. The van der Waals surface area contributed by atoms with Crippen molar-refractivity contribution in [2.45, 2.75) is 13.1 Å². The fourth-order valence-electron chi connectivity index (χ4n) is 1.82. The van der Waals surface area contributed by atoms with E-state index in [2.05, 4.69) is 15.6 Å². The first kappa shape index (κ1) is 14.2. The number of rotatable bonds is 3. The summed E-state index contributed by atoms with van der Waals surface area (Å²) in [6.45, 7) is 1.44. The number of benzene rings is 1. The molecule has 0 atom stereocenters.